The molecule has 0 unspecified atom stereocenters. The molecule has 1 aromatic rings. The van der Waals surface area contributed by atoms with Gasteiger partial charge in [0.25, 0.3) is 5.91 Å². The Labute approximate surface area is 107 Å². The van der Waals surface area contributed by atoms with Crippen LogP contribution < -0.4 is 0 Å². The molecule has 5 heteroatoms. The highest BCUT2D eigenvalue weighted by Crippen LogP contribution is 2.04. The number of amides is 1. The summed E-state index contributed by atoms with van der Waals surface area (Å²) < 4.78 is 0. The Balaban J connectivity index is 2.49. The van der Waals surface area contributed by atoms with Crippen molar-refractivity contribution < 1.29 is 9.90 Å². The molecule has 5 nitrogen and oxygen atoms in total. The lowest BCUT2D eigenvalue weighted by Crippen LogP contribution is -2.28. The minimum absolute atomic E-state index is 0.150. The molecule has 0 aliphatic heterocycles. The van der Waals surface area contributed by atoms with E-state index in [9.17, 15) is 4.79 Å². The second-order valence-electron chi connectivity index (χ2n) is 4.05. The Morgan fingerprint density at radius 1 is 1.44 bits per heavy atom. The van der Waals surface area contributed by atoms with Crippen LogP contribution in [0.5, 0.6) is 0 Å². The molecule has 1 heterocycles. The van der Waals surface area contributed by atoms with E-state index in [1.807, 2.05) is 6.07 Å². The van der Waals surface area contributed by atoms with E-state index in [0.29, 0.717) is 17.8 Å². The number of hydrogen-bond donors (Lipinski definition) is 1. The molecule has 0 atom stereocenters. The summed E-state index contributed by atoms with van der Waals surface area (Å²) in [5.74, 6) is -0.150. The molecule has 0 spiro atoms. The average Bonchev–Trinajstić information content (AvgIpc) is 2.42. The highest BCUT2D eigenvalue weighted by Gasteiger charge is 2.12. The summed E-state index contributed by atoms with van der Waals surface area (Å²) >= 11 is 0. The first kappa shape index (κ1) is 14.1. The molecule has 0 aromatic carbocycles. The molecule has 0 aliphatic carbocycles. The maximum Gasteiger partial charge on any atom is 0.272 e. The molecular weight excluding hydrogens is 230 g/mol. The number of rotatable bonds is 6. The lowest BCUT2D eigenvalue weighted by molar-refractivity contribution is 0.0786. The quantitative estimate of drug-likeness (QED) is 0.766. The number of nitriles is 1. The van der Waals surface area contributed by atoms with Gasteiger partial charge in [-0.3, -0.25) is 4.79 Å². The Morgan fingerprint density at radius 3 is 2.78 bits per heavy atom. The van der Waals surface area contributed by atoms with Gasteiger partial charge < -0.3 is 10.0 Å². The highest BCUT2D eigenvalue weighted by molar-refractivity contribution is 5.92. The number of aliphatic hydroxyl groups is 1. The number of carbonyl (C=O) groups excluding carboxylic acids is 1. The van der Waals surface area contributed by atoms with Crippen molar-refractivity contribution in [2.24, 2.45) is 0 Å². The smallest absolute Gasteiger partial charge is 0.272 e. The molecule has 0 saturated carbocycles. The van der Waals surface area contributed by atoms with E-state index in [1.165, 1.54) is 6.20 Å². The SMILES string of the molecule is CN(CCCCCO)C(=O)c1ccc(C#N)cn1. The third-order valence-corrected chi connectivity index (χ3v) is 2.61. The van der Waals surface area contributed by atoms with E-state index in [2.05, 4.69) is 4.98 Å². The van der Waals surface area contributed by atoms with Gasteiger partial charge >= 0.3 is 0 Å². The third-order valence-electron chi connectivity index (χ3n) is 2.61. The topological polar surface area (TPSA) is 77.2 Å². The van der Waals surface area contributed by atoms with Crippen LogP contribution in [-0.2, 0) is 0 Å². The summed E-state index contributed by atoms with van der Waals surface area (Å²) in [5, 5.41) is 17.3. The van der Waals surface area contributed by atoms with Crippen LogP contribution in [0.3, 0.4) is 0 Å². The molecule has 0 aliphatic rings. The van der Waals surface area contributed by atoms with Crippen LogP contribution >= 0.6 is 0 Å². The fourth-order valence-corrected chi connectivity index (χ4v) is 1.52. The highest BCUT2D eigenvalue weighted by atomic mass is 16.2. The second-order valence-corrected chi connectivity index (χ2v) is 4.05. The first-order valence-corrected chi connectivity index (χ1v) is 5.91. The number of unbranched alkanes of at least 4 members (excludes halogenated alkanes) is 2. The summed E-state index contributed by atoms with van der Waals surface area (Å²) in [6.07, 6.45) is 3.91. The Kier molecular flexibility index (Phi) is 5.81. The van der Waals surface area contributed by atoms with Gasteiger partial charge in [-0.05, 0) is 31.4 Å². The van der Waals surface area contributed by atoms with Crippen LogP contribution in [0.25, 0.3) is 0 Å². The molecule has 0 bridgehead atoms. The van der Waals surface area contributed by atoms with Gasteiger partial charge in [0, 0.05) is 26.4 Å². The molecule has 1 amide bonds. The molecule has 18 heavy (non-hydrogen) atoms. The minimum Gasteiger partial charge on any atom is -0.396 e. The van der Waals surface area contributed by atoms with Crippen molar-refractivity contribution in [3.63, 3.8) is 0 Å². The Morgan fingerprint density at radius 2 is 2.22 bits per heavy atom. The largest absolute Gasteiger partial charge is 0.396 e. The van der Waals surface area contributed by atoms with Crippen LogP contribution in [-0.4, -0.2) is 41.1 Å². The fourth-order valence-electron chi connectivity index (χ4n) is 1.52. The first-order valence-electron chi connectivity index (χ1n) is 5.91. The van der Waals surface area contributed by atoms with Gasteiger partial charge in [0.05, 0.1) is 5.56 Å². The molecule has 1 rings (SSSR count). The normalized spacial score (nSPS) is 9.83. The maximum atomic E-state index is 11.9. The number of aliphatic hydroxyl groups excluding tert-OH is 1. The standard InChI is InChI=1S/C13H17N3O2/c1-16(7-3-2-4-8-17)13(18)12-6-5-11(9-14)10-15-12/h5-6,10,17H,2-4,7-8H2,1H3. The zero-order chi connectivity index (χ0) is 13.4. The predicted octanol–water partition coefficient (Wildman–Crippen LogP) is 1.19. The van der Waals surface area contributed by atoms with E-state index in [4.69, 9.17) is 10.4 Å². The Bertz CT molecular complexity index is 423. The number of pyridine rings is 1. The van der Waals surface area contributed by atoms with Gasteiger partial charge in [0.2, 0.25) is 0 Å². The number of nitrogens with zero attached hydrogens (tertiary/aromatic N) is 3. The fraction of sp³-hybridized carbons (Fsp3) is 0.462. The van der Waals surface area contributed by atoms with Crippen LogP contribution in [0, 0.1) is 11.3 Å². The number of hydrogen-bond acceptors (Lipinski definition) is 4. The lowest BCUT2D eigenvalue weighted by atomic mass is 10.2. The second kappa shape index (κ2) is 7.41. The van der Waals surface area contributed by atoms with E-state index in [-0.39, 0.29) is 12.5 Å². The zero-order valence-electron chi connectivity index (χ0n) is 10.5. The van der Waals surface area contributed by atoms with Crippen LogP contribution in [0.1, 0.15) is 35.3 Å². The summed E-state index contributed by atoms with van der Waals surface area (Å²) in [4.78, 5) is 17.5. The maximum absolute atomic E-state index is 11.9. The van der Waals surface area contributed by atoms with Gasteiger partial charge in [-0.25, -0.2) is 4.98 Å². The summed E-state index contributed by atoms with van der Waals surface area (Å²) in [7, 11) is 1.72. The van der Waals surface area contributed by atoms with E-state index >= 15 is 0 Å². The van der Waals surface area contributed by atoms with Crippen molar-refractivity contribution in [1.29, 1.82) is 5.26 Å². The summed E-state index contributed by atoms with van der Waals surface area (Å²) in [6.45, 7) is 0.829. The lowest BCUT2D eigenvalue weighted by Gasteiger charge is -2.16. The third kappa shape index (κ3) is 4.15. The van der Waals surface area contributed by atoms with E-state index in [1.54, 1.807) is 24.1 Å². The van der Waals surface area contributed by atoms with Crippen LogP contribution in [0.4, 0.5) is 0 Å². The van der Waals surface area contributed by atoms with Gasteiger partial charge in [0.15, 0.2) is 0 Å². The van der Waals surface area contributed by atoms with Crippen molar-refractivity contribution in [1.82, 2.24) is 9.88 Å². The van der Waals surface area contributed by atoms with Gasteiger partial charge in [0.1, 0.15) is 11.8 Å². The summed E-state index contributed by atoms with van der Waals surface area (Å²) in [5.41, 5.74) is 0.788. The molecule has 1 N–H and O–H groups in total. The minimum atomic E-state index is -0.150. The molecule has 0 saturated heterocycles. The molecule has 0 fully saturated rings. The molecule has 1 aromatic heterocycles. The number of carbonyl (C=O) groups is 1. The van der Waals surface area contributed by atoms with Crippen molar-refractivity contribution in [3.05, 3.63) is 29.6 Å². The first-order chi connectivity index (χ1) is 8.69. The number of aromatic nitrogens is 1. The van der Waals surface area contributed by atoms with E-state index < -0.39 is 0 Å². The monoisotopic (exact) mass is 247 g/mol. The Hall–Kier alpha value is -1.93. The molecule has 0 radical (unpaired) electrons. The molecule has 96 valence electrons. The van der Waals surface area contributed by atoms with E-state index in [0.717, 1.165) is 19.3 Å². The zero-order valence-corrected chi connectivity index (χ0v) is 10.5. The molecular formula is C13H17N3O2. The van der Waals surface area contributed by atoms with Crippen LogP contribution in [0.2, 0.25) is 0 Å². The summed E-state index contributed by atoms with van der Waals surface area (Å²) in [6, 6.07) is 5.10. The van der Waals surface area contributed by atoms with Gasteiger partial charge in [-0.2, -0.15) is 5.26 Å². The van der Waals surface area contributed by atoms with Gasteiger partial charge in [-0.1, -0.05) is 0 Å². The van der Waals surface area contributed by atoms with Gasteiger partial charge in [-0.15, -0.1) is 0 Å². The van der Waals surface area contributed by atoms with Crippen molar-refractivity contribution in [2.75, 3.05) is 20.2 Å². The van der Waals surface area contributed by atoms with Crippen molar-refractivity contribution >= 4 is 5.91 Å². The van der Waals surface area contributed by atoms with Crippen molar-refractivity contribution in [2.45, 2.75) is 19.3 Å². The van der Waals surface area contributed by atoms with Crippen LogP contribution in [0.15, 0.2) is 18.3 Å². The predicted molar refractivity (Wildman–Crippen MR) is 66.8 cm³/mol. The van der Waals surface area contributed by atoms with Crippen molar-refractivity contribution in [3.8, 4) is 6.07 Å². The average molecular weight is 247 g/mol.